The quantitative estimate of drug-likeness (QED) is 0.568. The first-order chi connectivity index (χ1) is 10.7. The molecule has 0 fully saturated rings. The number of benzene rings is 2. The summed E-state index contributed by atoms with van der Waals surface area (Å²) in [5.74, 6) is 0.951. The predicted molar refractivity (Wildman–Crippen MR) is 94.2 cm³/mol. The van der Waals surface area contributed by atoms with Gasteiger partial charge in [0.2, 0.25) is 0 Å². The molecule has 0 saturated heterocycles. The molecule has 118 valence electrons. The summed E-state index contributed by atoms with van der Waals surface area (Å²) < 4.78 is 5.18. The zero-order valence-corrected chi connectivity index (χ0v) is 13.2. The second-order valence-electron chi connectivity index (χ2n) is 4.65. The Morgan fingerprint density at radius 2 is 1.70 bits per heavy atom. The summed E-state index contributed by atoms with van der Waals surface area (Å²) in [4.78, 5) is 12.8. The third-order valence-corrected chi connectivity index (χ3v) is 3.18. The van der Waals surface area contributed by atoms with E-state index < -0.39 is 0 Å². The highest BCUT2D eigenvalue weighted by molar-refractivity contribution is 5.93. The lowest BCUT2D eigenvalue weighted by Gasteiger charge is -2.08. The number of nitrogens with two attached hydrogens (primary N) is 2. The smallest absolute Gasteiger partial charge is 0.253 e. The van der Waals surface area contributed by atoms with Crippen molar-refractivity contribution >= 4 is 35.2 Å². The van der Waals surface area contributed by atoms with Gasteiger partial charge in [0, 0.05) is 10.9 Å². The Kier molecular flexibility index (Phi) is 4.98. The Labute approximate surface area is 139 Å². The van der Waals surface area contributed by atoms with Crippen LogP contribution in [0.25, 0.3) is 22.2 Å². The van der Waals surface area contributed by atoms with Crippen molar-refractivity contribution < 1.29 is 4.74 Å². The van der Waals surface area contributed by atoms with Crippen molar-refractivity contribution in [3.63, 3.8) is 0 Å². The fraction of sp³-hybridized carbons (Fsp3) is 0.0625. The summed E-state index contributed by atoms with van der Waals surface area (Å²) in [7, 11) is 1.63. The molecule has 1 heterocycles. The summed E-state index contributed by atoms with van der Waals surface area (Å²) in [6.07, 6.45) is 0. The fourth-order valence-corrected chi connectivity index (χ4v) is 2.20. The topological polar surface area (TPSA) is 99.4 Å². The van der Waals surface area contributed by atoms with Crippen LogP contribution in [0.3, 0.4) is 0 Å². The van der Waals surface area contributed by atoms with Crippen LogP contribution in [0, 0.1) is 0 Å². The molecule has 0 saturated carbocycles. The zero-order valence-electron chi connectivity index (χ0n) is 12.4. The van der Waals surface area contributed by atoms with Crippen molar-refractivity contribution in [2.75, 3.05) is 7.11 Å². The van der Waals surface area contributed by atoms with Gasteiger partial charge in [-0.25, -0.2) is 9.97 Å². The first-order valence-electron chi connectivity index (χ1n) is 6.68. The van der Waals surface area contributed by atoms with Gasteiger partial charge in [0.1, 0.15) is 5.75 Å². The average molecular weight is 330 g/mol. The minimum atomic E-state index is -0.0732. The van der Waals surface area contributed by atoms with Crippen LogP contribution in [-0.2, 0) is 0 Å². The summed E-state index contributed by atoms with van der Waals surface area (Å²) in [5, 5.41) is 0.933. The number of ether oxygens (including phenoxy) is 1. The van der Waals surface area contributed by atoms with Crippen molar-refractivity contribution in [2.24, 2.45) is 16.5 Å². The number of para-hydroxylation sites is 1. The monoisotopic (exact) mass is 329 g/mol. The van der Waals surface area contributed by atoms with Gasteiger partial charge in [-0.05, 0) is 30.3 Å². The van der Waals surface area contributed by atoms with Crippen molar-refractivity contribution in [1.82, 2.24) is 9.97 Å². The SMILES string of the molecule is COc1ccc(-c2nc(N=C(N)N)nc3ccccc23)cc1.Cl. The van der Waals surface area contributed by atoms with Gasteiger partial charge in [-0.15, -0.1) is 12.4 Å². The normalized spacial score (nSPS) is 9.96. The van der Waals surface area contributed by atoms with Gasteiger partial charge in [-0.1, -0.05) is 18.2 Å². The highest BCUT2D eigenvalue weighted by atomic mass is 35.5. The molecule has 2 aromatic carbocycles. The summed E-state index contributed by atoms with van der Waals surface area (Å²) in [6.45, 7) is 0. The van der Waals surface area contributed by atoms with Gasteiger partial charge in [-0.2, -0.15) is 4.99 Å². The van der Waals surface area contributed by atoms with Crippen LogP contribution in [0.15, 0.2) is 53.5 Å². The van der Waals surface area contributed by atoms with E-state index in [1.165, 1.54) is 0 Å². The molecule has 3 aromatic rings. The number of aromatic nitrogens is 2. The van der Waals surface area contributed by atoms with E-state index >= 15 is 0 Å². The number of methoxy groups -OCH3 is 1. The van der Waals surface area contributed by atoms with E-state index in [1.54, 1.807) is 7.11 Å². The number of hydrogen-bond donors (Lipinski definition) is 2. The highest BCUT2D eigenvalue weighted by Crippen LogP contribution is 2.29. The molecule has 0 unspecified atom stereocenters. The molecule has 1 aromatic heterocycles. The molecule has 7 heteroatoms. The van der Waals surface area contributed by atoms with Crippen LogP contribution in [0.2, 0.25) is 0 Å². The van der Waals surface area contributed by atoms with Crippen LogP contribution in [-0.4, -0.2) is 23.0 Å². The maximum absolute atomic E-state index is 5.43. The number of hydrogen-bond acceptors (Lipinski definition) is 4. The highest BCUT2D eigenvalue weighted by Gasteiger charge is 2.09. The number of fused-ring (bicyclic) bond motifs is 1. The fourth-order valence-electron chi connectivity index (χ4n) is 2.20. The second-order valence-corrected chi connectivity index (χ2v) is 4.65. The molecule has 23 heavy (non-hydrogen) atoms. The minimum Gasteiger partial charge on any atom is -0.497 e. The molecular formula is C16H16ClN5O. The Morgan fingerprint density at radius 3 is 2.35 bits per heavy atom. The summed E-state index contributed by atoms with van der Waals surface area (Å²) >= 11 is 0. The summed E-state index contributed by atoms with van der Waals surface area (Å²) in [6, 6.07) is 15.4. The number of rotatable bonds is 3. The standard InChI is InChI=1S/C16H15N5O.ClH/c1-22-11-8-6-10(7-9-11)14-12-4-2-3-5-13(12)19-16(20-14)21-15(17)18;/h2-9H,1H3,(H4,17,18,19,20,21);1H. The maximum Gasteiger partial charge on any atom is 0.253 e. The molecule has 0 bridgehead atoms. The molecule has 0 atom stereocenters. The molecule has 0 aliphatic rings. The molecule has 0 spiro atoms. The summed E-state index contributed by atoms with van der Waals surface area (Å²) in [5.41, 5.74) is 13.3. The van der Waals surface area contributed by atoms with E-state index in [0.29, 0.717) is 0 Å². The van der Waals surface area contributed by atoms with E-state index in [2.05, 4.69) is 15.0 Å². The lowest BCUT2D eigenvalue weighted by Crippen LogP contribution is -2.22. The first-order valence-corrected chi connectivity index (χ1v) is 6.68. The van der Waals surface area contributed by atoms with Crippen LogP contribution < -0.4 is 16.2 Å². The maximum atomic E-state index is 5.43. The Hall–Kier alpha value is -2.86. The van der Waals surface area contributed by atoms with Crippen LogP contribution in [0.1, 0.15) is 0 Å². The number of guanidine groups is 1. The molecular weight excluding hydrogens is 314 g/mol. The number of nitrogens with zero attached hydrogens (tertiary/aromatic N) is 3. The lowest BCUT2D eigenvalue weighted by atomic mass is 10.1. The lowest BCUT2D eigenvalue weighted by molar-refractivity contribution is 0.415. The first kappa shape index (κ1) is 16.5. The Morgan fingerprint density at radius 1 is 1.00 bits per heavy atom. The van der Waals surface area contributed by atoms with E-state index in [1.807, 2.05) is 48.5 Å². The largest absolute Gasteiger partial charge is 0.497 e. The molecule has 3 rings (SSSR count). The average Bonchev–Trinajstić information content (AvgIpc) is 2.53. The molecule has 0 radical (unpaired) electrons. The molecule has 6 nitrogen and oxygen atoms in total. The van der Waals surface area contributed by atoms with E-state index in [9.17, 15) is 0 Å². The Balaban J connectivity index is 0.00000192. The zero-order chi connectivity index (χ0) is 15.5. The second kappa shape index (κ2) is 6.93. The van der Waals surface area contributed by atoms with Crippen molar-refractivity contribution in [1.29, 1.82) is 0 Å². The van der Waals surface area contributed by atoms with Gasteiger partial charge in [0.15, 0.2) is 5.96 Å². The van der Waals surface area contributed by atoms with Crippen molar-refractivity contribution in [3.8, 4) is 17.0 Å². The Bertz CT molecular complexity index is 845. The number of aliphatic imine (C=N–C) groups is 1. The molecule has 0 amide bonds. The number of halogens is 1. The van der Waals surface area contributed by atoms with Gasteiger partial charge in [-0.3, -0.25) is 0 Å². The van der Waals surface area contributed by atoms with Gasteiger partial charge < -0.3 is 16.2 Å². The minimum absolute atomic E-state index is 0. The van der Waals surface area contributed by atoms with Crippen LogP contribution in [0.4, 0.5) is 5.95 Å². The molecule has 4 N–H and O–H groups in total. The van der Waals surface area contributed by atoms with E-state index in [0.717, 1.165) is 27.9 Å². The van der Waals surface area contributed by atoms with Crippen molar-refractivity contribution in [2.45, 2.75) is 0 Å². The molecule has 0 aliphatic heterocycles. The third-order valence-electron chi connectivity index (χ3n) is 3.18. The van der Waals surface area contributed by atoms with E-state index in [4.69, 9.17) is 16.2 Å². The van der Waals surface area contributed by atoms with Crippen molar-refractivity contribution in [3.05, 3.63) is 48.5 Å². The van der Waals surface area contributed by atoms with Crippen LogP contribution >= 0.6 is 12.4 Å². The van der Waals surface area contributed by atoms with E-state index in [-0.39, 0.29) is 24.3 Å². The van der Waals surface area contributed by atoms with Gasteiger partial charge in [0.05, 0.1) is 18.3 Å². The molecule has 0 aliphatic carbocycles. The van der Waals surface area contributed by atoms with Crippen LogP contribution in [0.5, 0.6) is 5.75 Å². The third kappa shape index (κ3) is 3.49. The predicted octanol–water partition coefficient (Wildman–Crippen LogP) is 2.63. The van der Waals surface area contributed by atoms with Gasteiger partial charge in [0.25, 0.3) is 5.95 Å². The van der Waals surface area contributed by atoms with Gasteiger partial charge >= 0.3 is 0 Å².